The average molecular weight is 283 g/mol. The maximum absolute atomic E-state index is 12.0. The van der Waals surface area contributed by atoms with E-state index in [0.717, 1.165) is 5.56 Å². The summed E-state index contributed by atoms with van der Waals surface area (Å²) in [5.41, 5.74) is 1.73. The Bertz CT molecular complexity index is 633. The minimum Gasteiger partial charge on any atom is -0.466 e. The van der Waals surface area contributed by atoms with Gasteiger partial charge in [-0.1, -0.05) is 42.5 Å². The highest BCUT2D eigenvalue weighted by Gasteiger charge is 2.44. The van der Waals surface area contributed by atoms with Crippen LogP contribution < -0.4 is 0 Å². The van der Waals surface area contributed by atoms with E-state index in [1.54, 1.807) is 11.9 Å². The summed E-state index contributed by atoms with van der Waals surface area (Å²) >= 11 is 0. The van der Waals surface area contributed by atoms with Crippen LogP contribution in [0, 0.1) is 5.92 Å². The highest BCUT2D eigenvalue weighted by atomic mass is 16.5. The zero-order chi connectivity index (χ0) is 15.0. The van der Waals surface area contributed by atoms with Crippen molar-refractivity contribution in [3.05, 3.63) is 59.7 Å². The Kier molecular flexibility index (Phi) is 3.37. The molecule has 0 saturated heterocycles. The molecule has 1 aromatic carbocycles. The Morgan fingerprint density at radius 1 is 1.19 bits per heavy atom. The van der Waals surface area contributed by atoms with E-state index in [4.69, 9.17) is 4.74 Å². The van der Waals surface area contributed by atoms with Crippen molar-refractivity contribution in [3.63, 3.8) is 0 Å². The number of hydrogen-bond acceptors (Lipinski definition) is 3. The molecule has 2 aliphatic rings. The van der Waals surface area contributed by atoms with E-state index in [0.29, 0.717) is 5.57 Å². The number of likely N-dealkylation sites (N-methyl/N-ethyl adjacent to an activating group) is 1. The van der Waals surface area contributed by atoms with Gasteiger partial charge in [0, 0.05) is 24.5 Å². The van der Waals surface area contributed by atoms with Gasteiger partial charge in [0.2, 0.25) is 5.91 Å². The lowest BCUT2D eigenvalue weighted by Gasteiger charge is -2.35. The van der Waals surface area contributed by atoms with E-state index >= 15 is 0 Å². The molecule has 0 radical (unpaired) electrons. The summed E-state index contributed by atoms with van der Waals surface area (Å²) in [5, 5.41) is 0. The predicted molar refractivity (Wildman–Crippen MR) is 78.5 cm³/mol. The molecule has 21 heavy (non-hydrogen) atoms. The van der Waals surface area contributed by atoms with Crippen LogP contribution in [0.3, 0.4) is 0 Å². The molecule has 4 nitrogen and oxygen atoms in total. The first-order valence-corrected chi connectivity index (χ1v) is 6.93. The quantitative estimate of drug-likeness (QED) is 0.779. The third kappa shape index (κ3) is 2.17. The summed E-state index contributed by atoms with van der Waals surface area (Å²) in [6.07, 6.45) is 5.29. The maximum atomic E-state index is 12.0. The molecule has 1 aromatic rings. The Balaban J connectivity index is 2.06. The van der Waals surface area contributed by atoms with Crippen LogP contribution in [-0.4, -0.2) is 37.0 Å². The van der Waals surface area contributed by atoms with Gasteiger partial charge in [0.1, 0.15) is 0 Å². The van der Waals surface area contributed by atoms with E-state index < -0.39 is 0 Å². The number of rotatable bonds is 2. The van der Waals surface area contributed by atoms with Gasteiger partial charge in [-0.3, -0.25) is 4.79 Å². The molecule has 1 unspecified atom stereocenters. The molecular weight excluding hydrogens is 266 g/mol. The molecule has 1 heterocycles. The van der Waals surface area contributed by atoms with Crippen molar-refractivity contribution in [2.45, 2.75) is 12.0 Å². The monoisotopic (exact) mass is 283 g/mol. The summed E-state index contributed by atoms with van der Waals surface area (Å²) in [6, 6.07) is 9.86. The van der Waals surface area contributed by atoms with Crippen molar-refractivity contribution in [1.29, 1.82) is 0 Å². The fraction of sp³-hybridized carbons (Fsp3) is 0.294. The van der Waals surface area contributed by atoms with Crippen LogP contribution in [0.1, 0.15) is 11.5 Å². The van der Waals surface area contributed by atoms with Gasteiger partial charge in [0.25, 0.3) is 0 Å². The summed E-state index contributed by atoms with van der Waals surface area (Å²) in [5.74, 6) is -0.456. The summed E-state index contributed by atoms with van der Waals surface area (Å²) in [4.78, 5) is 25.7. The molecule has 1 aliphatic heterocycles. The van der Waals surface area contributed by atoms with Crippen LogP contribution >= 0.6 is 0 Å². The zero-order valence-electron chi connectivity index (χ0n) is 12.0. The first kappa shape index (κ1) is 13.6. The number of carbonyl (C=O) groups is 2. The van der Waals surface area contributed by atoms with Gasteiger partial charge in [-0.25, -0.2) is 4.79 Å². The highest BCUT2D eigenvalue weighted by molar-refractivity contribution is 5.94. The molecule has 4 heteroatoms. The number of carbonyl (C=O) groups excluding carboxylic acids is 2. The van der Waals surface area contributed by atoms with Gasteiger partial charge < -0.3 is 9.64 Å². The minimum atomic E-state index is -0.323. The van der Waals surface area contributed by atoms with E-state index in [1.807, 2.05) is 42.5 Å². The molecule has 0 bridgehead atoms. The molecule has 0 N–H and O–H groups in total. The topological polar surface area (TPSA) is 46.6 Å². The van der Waals surface area contributed by atoms with E-state index in [-0.39, 0.29) is 29.8 Å². The molecule has 108 valence electrons. The van der Waals surface area contributed by atoms with E-state index in [9.17, 15) is 9.59 Å². The van der Waals surface area contributed by atoms with Crippen LogP contribution in [0.2, 0.25) is 0 Å². The second-order valence-electron chi connectivity index (χ2n) is 5.37. The van der Waals surface area contributed by atoms with Gasteiger partial charge >= 0.3 is 5.97 Å². The lowest BCUT2D eigenvalue weighted by atomic mass is 9.85. The first-order chi connectivity index (χ1) is 10.1. The van der Waals surface area contributed by atoms with Gasteiger partial charge in [0.15, 0.2) is 0 Å². The fourth-order valence-electron chi connectivity index (χ4n) is 3.25. The van der Waals surface area contributed by atoms with Crippen molar-refractivity contribution in [2.24, 2.45) is 5.92 Å². The number of fused-ring (bicyclic) bond motifs is 1. The molecule has 0 fully saturated rings. The van der Waals surface area contributed by atoms with Crippen LogP contribution in [0.5, 0.6) is 0 Å². The van der Waals surface area contributed by atoms with E-state index in [2.05, 4.69) is 0 Å². The van der Waals surface area contributed by atoms with Crippen LogP contribution in [0.15, 0.2) is 54.1 Å². The predicted octanol–water partition coefficient (Wildman–Crippen LogP) is 1.90. The summed E-state index contributed by atoms with van der Waals surface area (Å²) in [6.45, 7) is 0. The van der Waals surface area contributed by atoms with Crippen molar-refractivity contribution >= 4 is 11.9 Å². The first-order valence-electron chi connectivity index (χ1n) is 6.93. The summed E-state index contributed by atoms with van der Waals surface area (Å²) in [7, 11) is 3.17. The number of benzene rings is 1. The van der Waals surface area contributed by atoms with Crippen molar-refractivity contribution in [3.8, 4) is 0 Å². The molecule has 0 spiro atoms. The molecular formula is C17H17NO3. The second kappa shape index (κ2) is 5.20. The standard InChI is InChI=1S/C17H17NO3/c1-18-15(19)9-8-12-14(17(20)21-2)10-13(16(12)18)11-6-4-3-5-7-11/h3-10,12-13,16H,1-2H3/t12-,13?,16-/m1/s1. The highest BCUT2D eigenvalue weighted by Crippen LogP contribution is 2.43. The Morgan fingerprint density at radius 3 is 2.57 bits per heavy atom. The Morgan fingerprint density at radius 2 is 1.90 bits per heavy atom. The van der Waals surface area contributed by atoms with Gasteiger partial charge in [-0.2, -0.15) is 0 Å². The van der Waals surface area contributed by atoms with Crippen molar-refractivity contribution in [2.75, 3.05) is 14.2 Å². The Labute approximate surface area is 123 Å². The SMILES string of the molecule is COC(=O)C1=CC(c2ccccc2)[C@H]2[C@@H]1C=CC(=O)N2C. The molecule has 0 saturated carbocycles. The second-order valence-corrected chi connectivity index (χ2v) is 5.37. The van der Waals surface area contributed by atoms with Gasteiger partial charge in [-0.05, 0) is 11.6 Å². The van der Waals surface area contributed by atoms with Gasteiger partial charge in [0.05, 0.1) is 13.2 Å². The molecule has 3 rings (SSSR count). The lowest BCUT2D eigenvalue weighted by Crippen LogP contribution is -2.45. The third-order valence-electron chi connectivity index (χ3n) is 4.30. The van der Waals surface area contributed by atoms with Crippen LogP contribution in [-0.2, 0) is 14.3 Å². The third-order valence-corrected chi connectivity index (χ3v) is 4.30. The molecule has 1 aliphatic carbocycles. The average Bonchev–Trinajstić information content (AvgIpc) is 2.91. The number of methoxy groups -OCH3 is 1. The fourth-order valence-corrected chi connectivity index (χ4v) is 3.25. The van der Waals surface area contributed by atoms with Crippen LogP contribution in [0.25, 0.3) is 0 Å². The normalized spacial score (nSPS) is 27.3. The summed E-state index contributed by atoms with van der Waals surface area (Å²) < 4.78 is 4.88. The van der Waals surface area contributed by atoms with Gasteiger partial charge in [-0.15, -0.1) is 0 Å². The van der Waals surface area contributed by atoms with Crippen LogP contribution in [0.4, 0.5) is 0 Å². The largest absolute Gasteiger partial charge is 0.466 e. The smallest absolute Gasteiger partial charge is 0.334 e. The minimum absolute atomic E-state index is 0.00389. The molecule has 0 aromatic heterocycles. The number of esters is 1. The van der Waals surface area contributed by atoms with E-state index in [1.165, 1.54) is 13.2 Å². The molecule has 1 amide bonds. The zero-order valence-corrected chi connectivity index (χ0v) is 12.0. The van der Waals surface area contributed by atoms with Crippen molar-refractivity contribution in [1.82, 2.24) is 4.90 Å². The maximum Gasteiger partial charge on any atom is 0.334 e. The number of ether oxygens (including phenoxy) is 1. The Hall–Kier alpha value is -2.36. The molecule has 3 atom stereocenters. The van der Waals surface area contributed by atoms with Crippen molar-refractivity contribution < 1.29 is 14.3 Å². The number of hydrogen-bond donors (Lipinski definition) is 0. The lowest BCUT2D eigenvalue weighted by molar-refractivity contribution is -0.137. The number of amides is 1. The number of nitrogens with zero attached hydrogens (tertiary/aromatic N) is 1.